The summed E-state index contributed by atoms with van der Waals surface area (Å²) in [5.41, 5.74) is -0.185. The van der Waals surface area contributed by atoms with E-state index < -0.39 is 24.0 Å². The molecule has 1 aromatic heterocycles. The van der Waals surface area contributed by atoms with Crippen LogP contribution in [0.4, 0.5) is 29.3 Å². The summed E-state index contributed by atoms with van der Waals surface area (Å²) in [5, 5.41) is 13.2. The van der Waals surface area contributed by atoms with Gasteiger partial charge in [-0.25, -0.2) is 9.78 Å². The lowest BCUT2D eigenvalue weighted by atomic mass is 10.1. The first-order valence-electron chi connectivity index (χ1n) is 7.42. The molecule has 0 saturated heterocycles. The molecular formula is C16H9Cl2F3N4O3. The molecule has 2 aromatic carbocycles. The number of amides is 2. The number of anilines is 2. The van der Waals surface area contributed by atoms with Crippen LogP contribution in [0.25, 0.3) is 11.0 Å². The van der Waals surface area contributed by atoms with Crippen LogP contribution in [0.2, 0.25) is 10.0 Å². The highest BCUT2D eigenvalue weighted by atomic mass is 35.5. The van der Waals surface area contributed by atoms with Crippen LogP contribution in [-0.2, 0) is 6.18 Å². The molecule has 12 heteroatoms. The lowest BCUT2D eigenvalue weighted by Crippen LogP contribution is -2.13. The second kappa shape index (κ2) is 7.21. The van der Waals surface area contributed by atoms with Gasteiger partial charge in [0.15, 0.2) is 0 Å². The van der Waals surface area contributed by atoms with Crippen molar-refractivity contribution in [2.75, 3.05) is 10.6 Å². The number of aromatic amines is 1. The average molecular weight is 433 g/mol. The van der Waals surface area contributed by atoms with Crippen molar-refractivity contribution in [1.82, 2.24) is 9.97 Å². The number of nitrogens with one attached hydrogen (secondary N) is 3. The molecule has 0 aliphatic rings. The second-order valence-corrected chi connectivity index (χ2v) is 6.36. The summed E-state index contributed by atoms with van der Waals surface area (Å²) >= 11 is 11.9. The highest BCUT2D eigenvalue weighted by molar-refractivity contribution is 6.35. The van der Waals surface area contributed by atoms with Gasteiger partial charge in [-0.05, 0) is 30.3 Å². The third-order valence-corrected chi connectivity index (χ3v) is 4.06. The van der Waals surface area contributed by atoms with Crippen molar-refractivity contribution < 1.29 is 27.9 Å². The van der Waals surface area contributed by atoms with Gasteiger partial charge in [0.2, 0.25) is 5.82 Å². The maximum absolute atomic E-state index is 12.9. The molecule has 3 rings (SSSR count). The smallest absolute Gasteiger partial charge is 0.449 e. The van der Waals surface area contributed by atoms with Gasteiger partial charge in [-0.15, -0.1) is 0 Å². The molecule has 0 unspecified atom stereocenters. The molecule has 0 atom stereocenters. The molecule has 0 radical (unpaired) electrons. The maximum Gasteiger partial charge on any atom is 0.449 e. The molecule has 28 heavy (non-hydrogen) atoms. The number of alkyl halides is 3. The van der Waals surface area contributed by atoms with E-state index in [1.54, 1.807) is 0 Å². The van der Waals surface area contributed by atoms with Gasteiger partial charge in [-0.1, -0.05) is 23.2 Å². The quantitative estimate of drug-likeness (QED) is 0.454. The molecule has 0 saturated carbocycles. The number of imidazole rings is 1. The van der Waals surface area contributed by atoms with Crippen molar-refractivity contribution in [3.63, 3.8) is 0 Å². The van der Waals surface area contributed by atoms with E-state index in [-0.39, 0.29) is 38.0 Å². The number of carbonyl (C=O) groups excluding carboxylic acids is 1. The van der Waals surface area contributed by atoms with E-state index in [9.17, 15) is 22.8 Å². The van der Waals surface area contributed by atoms with Crippen LogP contribution >= 0.6 is 23.2 Å². The highest BCUT2D eigenvalue weighted by Crippen LogP contribution is 2.32. The number of carboxylic acid groups (broad SMARTS) is 1. The number of H-pyrrole nitrogens is 1. The number of rotatable bonds is 3. The Morgan fingerprint density at radius 2 is 1.82 bits per heavy atom. The summed E-state index contributed by atoms with van der Waals surface area (Å²) in [7, 11) is 0. The summed E-state index contributed by atoms with van der Waals surface area (Å²) in [6.45, 7) is 0. The first-order chi connectivity index (χ1) is 13.0. The van der Waals surface area contributed by atoms with Crippen molar-refractivity contribution in [3.8, 4) is 0 Å². The molecule has 1 heterocycles. The van der Waals surface area contributed by atoms with Crippen molar-refractivity contribution in [2.45, 2.75) is 6.18 Å². The Morgan fingerprint density at radius 1 is 1.11 bits per heavy atom. The maximum atomic E-state index is 12.9. The van der Waals surface area contributed by atoms with E-state index in [0.717, 1.165) is 0 Å². The van der Waals surface area contributed by atoms with E-state index in [1.807, 2.05) is 0 Å². The number of aromatic nitrogens is 2. The lowest BCUT2D eigenvalue weighted by molar-refractivity contribution is -0.144. The summed E-state index contributed by atoms with van der Waals surface area (Å²) in [6.07, 6.45) is -6.02. The van der Waals surface area contributed by atoms with Crippen molar-refractivity contribution in [3.05, 3.63) is 51.8 Å². The van der Waals surface area contributed by atoms with E-state index >= 15 is 0 Å². The van der Waals surface area contributed by atoms with Crippen LogP contribution in [0.3, 0.4) is 0 Å². The monoisotopic (exact) mass is 432 g/mol. The van der Waals surface area contributed by atoms with Crippen LogP contribution in [0, 0.1) is 0 Å². The van der Waals surface area contributed by atoms with Crippen molar-refractivity contribution in [1.29, 1.82) is 0 Å². The van der Waals surface area contributed by atoms with E-state index in [4.69, 9.17) is 28.3 Å². The summed E-state index contributed by atoms with van der Waals surface area (Å²) in [4.78, 5) is 28.7. The van der Waals surface area contributed by atoms with Gasteiger partial charge >= 0.3 is 12.3 Å². The van der Waals surface area contributed by atoms with E-state index in [0.29, 0.717) is 0 Å². The summed E-state index contributed by atoms with van der Waals surface area (Å²) < 4.78 is 38.7. The Labute approximate surface area is 164 Å². The normalized spacial score (nSPS) is 11.5. The Hall–Kier alpha value is -2.98. The first-order valence-corrected chi connectivity index (χ1v) is 8.17. The minimum Gasteiger partial charge on any atom is -0.465 e. The number of hydrogen-bond donors (Lipinski definition) is 4. The molecule has 4 N–H and O–H groups in total. The molecule has 2 amide bonds. The topological polar surface area (TPSA) is 107 Å². The molecule has 0 aliphatic heterocycles. The van der Waals surface area contributed by atoms with E-state index in [2.05, 4.69) is 20.6 Å². The van der Waals surface area contributed by atoms with Crippen molar-refractivity contribution >= 4 is 57.6 Å². The minimum absolute atomic E-state index is 0.0101. The zero-order valence-electron chi connectivity index (χ0n) is 13.5. The van der Waals surface area contributed by atoms with Crippen LogP contribution in [0.5, 0.6) is 0 Å². The third-order valence-electron chi connectivity index (χ3n) is 3.53. The first kappa shape index (κ1) is 19.8. The van der Waals surface area contributed by atoms with Gasteiger partial charge < -0.3 is 15.4 Å². The number of benzene rings is 2. The third kappa shape index (κ3) is 4.12. The predicted octanol–water partition coefficient (Wildman–Crippen LogP) is 5.23. The molecular weight excluding hydrogens is 424 g/mol. The van der Waals surface area contributed by atoms with Gasteiger partial charge in [-0.2, -0.15) is 13.2 Å². The molecule has 0 spiro atoms. The number of halogens is 5. The Morgan fingerprint density at radius 3 is 2.43 bits per heavy atom. The van der Waals surface area contributed by atoms with Gasteiger partial charge in [0, 0.05) is 10.7 Å². The van der Waals surface area contributed by atoms with Gasteiger partial charge in [0.25, 0.3) is 5.91 Å². The fourth-order valence-corrected chi connectivity index (χ4v) is 2.84. The largest absolute Gasteiger partial charge is 0.465 e. The fourth-order valence-electron chi connectivity index (χ4n) is 2.40. The zero-order chi connectivity index (χ0) is 20.6. The Kier molecular flexibility index (Phi) is 5.09. The van der Waals surface area contributed by atoms with Crippen LogP contribution in [-0.4, -0.2) is 27.1 Å². The average Bonchev–Trinajstić information content (AvgIpc) is 3.00. The molecule has 146 valence electrons. The number of fused-ring (bicyclic) bond motifs is 1. The fraction of sp³-hybridized carbons (Fsp3) is 0.0625. The van der Waals surface area contributed by atoms with Gasteiger partial charge in [0.1, 0.15) is 5.52 Å². The molecule has 0 aliphatic carbocycles. The molecule has 7 nitrogen and oxygen atoms in total. The van der Waals surface area contributed by atoms with Gasteiger partial charge in [0.05, 0.1) is 21.8 Å². The predicted molar refractivity (Wildman–Crippen MR) is 97.2 cm³/mol. The second-order valence-electron chi connectivity index (χ2n) is 5.51. The molecule has 0 bridgehead atoms. The van der Waals surface area contributed by atoms with Gasteiger partial charge in [-0.3, -0.25) is 10.1 Å². The zero-order valence-corrected chi connectivity index (χ0v) is 15.0. The Bertz CT molecular complexity index is 1100. The molecule has 3 aromatic rings. The van der Waals surface area contributed by atoms with Crippen molar-refractivity contribution in [2.24, 2.45) is 0 Å². The number of carbonyl (C=O) groups is 2. The van der Waals surface area contributed by atoms with Crippen LogP contribution in [0.15, 0.2) is 30.3 Å². The minimum atomic E-state index is -4.73. The SMILES string of the molecule is O=C(O)Nc1ccc(NC(=O)c2cc(Cl)cc3[nH]c(C(F)(F)F)nc23)c(Cl)c1. The standard InChI is InChI=1S/C16H9Cl2F3N4O3/c17-6-3-8(12-11(4-6)24-14(25-12)16(19,20)21)13(26)23-10-2-1-7(5-9(10)18)22-15(27)28/h1-5,22H,(H,23,26)(H,24,25)(H,27,28). The number of nitrogens with zero attached hydrogens (tertiary/aromatic N) is 1. The summed E-state index contributed by atoms with van der Waals surface area (Å²) in [5.74, 6) is -2.06. The molecule has 0 fully saturated rings. The summed E-state index contributed by atoms with van der Waals surface area (Å²) in [6, 6.07) is 6.33. The van der Waals surface area contributed by atoms with Crippen LogP contribution < -0.4 is 10.6 Å². The number of hydrogen-bond acceptors (Lipinski definition) is 3. The lowest BCUT2D eigenvalue weighted by Gasteiger charge is -2.10. The van der Waals surface area contributed by atoms with E-state index in [1.165, 1.54) is 30.3 Å². The Balaban J connectivity index is 1.95. The highest BCUT2D eigenvalue weighted by Gasteiger charge is 2.35. The van der Waals surface area contributed by atoms with Crippen LogP contribution in [0.1, 0.15) is 16.2 Å².